The second kappa shape index (κ2) is 8.19. The van der Waals surface area contributed by atoms with Gasteiger partial charge in [0.2, 0.25) is 5.82 Å². The molecule has 0 aromatic heterocycles. The molecule has 0 spiro atoms. The largest absolute Gasteiger partial charge is 0.505 e. The van der Waals surface area contributed by atoms with Crippen molar-refractivity contribution in [1.29, 1.82) is 0 Å². The van der Waals surface area contributed by atoms with Gasteiger partial charge < -0.3 is 19.9 Å². The van der Waals surface area contributed by atoms with Gasteiger partial charge in [0.15, 0.2) is 28.7 Å². The van der Waals surface area contributed by atoms with Crippen molar-refractivity contribution in [3.05, 3.63) is 53.3 Å². The smallest absolute Gasteiger partial charge is 0.417 e. The Bertz CT molecular complexity index is 1040. The van der Waals surface area contributed by atoms with Gasteiger partial charge in [-0.15, -0.1) is 0 Å². The molecule has 3 rings (SSSR count). The number of alkyl halides is 3. The molecular formula is C21H19F6NO4. The number of ether oxygens (including phenoxy) is 2. The lowest BCUT2D eigenvalue weighted by Crippen LogP contribution is -2.47. The first-order valence-electron chi connectivity index (χ1n) is 9.37. The van der Waals surface area contributed by atoms with Crippen LogP contribution in [0, 0.1) is 23.4 Å². The Morgan fingerprint density at radius 1 is 1.16 bits per heavy atom. The zero-order valence-electron chi connectivity index (χ0n) is 17.1. The quantitative estimate of drug-likeness (QED) is 0.634. The lowest BCUT2D eigenvalue weighted by atomic mass is 9.77. The van der Waals surface area contributed by atoms with E-state index in [-0.39, 0.29) is 11.3 Å². The molecule has 4 atom stereocenters. The van der Waals surface area contributed by atoms with Crippen molar-refractivity contribution in [2.24, 2.45) is 5.92 Å². The average Bonchev–Trinajstić information content (AvgIpc) is 2.99. The SMILES string of the molecule is COc1c([C@H]2[C@H](C(=O)Nc3ccc(F)c(O)c3)O[C@@](C)(C(F)(F)F)[C@H]2C)ccc(F)c1F. The predicted molar refractivity (Wildman–Crippen MR) is 101 cm³/mol. The van der Waals surface area contributed by atoms with Crippen molar-refractivity contribution in [3.63, 3.8) is 0 Å². The normalized spacial score (nSPS) is 25.6. The summed E-state index contributed by atoms with van der Waals surface area (Å²) < 4.78 is 93.0. The molecule has 0 unspecified atom stereocenters. The van der Waals surface area contributed by atoms with Crippen LogP contribution in [0.15, 0.2) is 30.3 Å². The van der Waals surface area contributed by atoms with Crippen LogP contribution in [0.2, 0.25) is 0 Å². The number of anilines is 1. The molecule has 0 aliphatic carbocycles. The molecule has 2 N–H and O–H groups in total. The van der Waals surface area contributed by atoms with Crippen molar-refractivity contribution >= 4 is 11.6 Å². The van der Waals surface area contributed by atoms with Crippen molar-refractivity contribution in [2.75, 3.05) is 12.4 Å². The summed E-state index contributed by atoms with van der Waals surface area (Å²) in [6, 6.07) is 4.55. The van der Waals surface area contributed by atoms with Gasteiger partial charge in [-0.3, -0.25) is 4.79 Å². The minimum atomic E-state index is -4.90. The number of amides is 1. The number of carbonyl (C=O) groups is 1. The van der Waals surface area contributed by atoms with Gasteiger partial charge in [-0.2, -0.15) is 17.6 Å². The third-order valence-corrected chi connectivity index (χ3v) is 5.78. The first-order chi connectivity index (χ1) is 14.8. The molecule has 32 heavy (non-hydrogen) atoms. The van der Waals surface area contributed by atoms with Crippen LogP contribution >= 0.6 is 0 Å². The van der Waals surface area contributed by atoms with E-state index < -0.39 is 64.6 Å². The van der Waals surface area contributed by atoms with E-state index in [4.69, 9.17) is 9.47 Å². The van der Waals surface area contributed by atoms with E-state index in [1.807, 2.05) is 0 Å². The van der Waals surface area contributed by atoms with Crippen LogP contribution in [0.25, 0.3) is 0 Å². The third kappa shape index (κ3) is 3.85. The number of hydrogen-bond acceptors (Lipinski definition) is 4. The molecule has 1 fully saturated rings. The van der Waals surface area contributed by atoms with Crippen LogP contribution in [0.3, 0.4) is 0 Å². The average molecular weight is 463 g/mol. The molecule has 2 aromatic carbocycles. The second-order valence-corrected chi connectivity index (χ2v) is 7.60. The molecule has 1 aliphatic rings. The summed E-state index contributed by atoms with van der Waals surface area (Å²) in [5.74, 6) is -8.97. The first kappa shape index (κ1) is 23.7. The van der Waals surface area contributed by atoms with Crippen LogP contribution < -0.4 is 10.1 Å². The van der Waals surface area contributed by atoms with Gasteiger partial charge in [0.05, 0.1) is 7.11 Å². The van der Waals surface area contributed by atoms with Gasteiger partial charge in [-0.25, -0.2) is 8.78 Å². The van der Waals surface area contributed by atoms with E-state index in [9.17, 15) is 36.2 Å². The van der Waals surface area contributed by atoms with E-state index >= 15 is 0 Å². The summed E-state index contributed by atoms with van der Waals surface area (Å²) in [5.41, 5.74) is -3.10. The highest BCUT2D eigenvalue weighted by Gasteiger charge is 2.65. The van der Waals surface area contributed by atoms with Crippen LogP contribution in [0.1, 0.15) is 25.3 Å². The van der Waals surface area contributed by atoms with Gasteiger partial charge in [0.25, 0.3) is 5.91 Å². The number of carbonyl (C=O) groups excluding carboxylic acids is 1. The molecule has 1 heterocycles. The number of benzene rings is 2. The highest BCUT2D eigenvalue weighted by molar-refractivity contribution is 5.95. The zero-order chi connectivity index (χ0) is 24.0. The Balaban J connectivity index is 2.08. The Morgan fingerprint density at radius 3 is 2.34 bits per heavy atom. The zero-order valence-corrected chi connectivity index (χ0v) is 17.1. The van der Waals surface area contributed by atoms with Crippen molar-refractivity contribution in [2.45, 2.75) is 37.6 Å². The van der Waals surface area contributed by atoms with E-state index in [1.165, 1.54) is 6.92 Å². The number of aromatic hydroxyl groups is 1. The molecule has 0 bridgehead atoms. The lowest BCUT2D eigenvalue weighted by molar-refractivity contribution is -0.272. The molecule has 0 radical (unpaired) electrons. The fourth-order valence-electron chi connectivity index (χ4n) is 3.84. The molecule has 1 saturated heterocycles. The molecule has 1 aliphatic heterocycles. The molecule has 5 nitrogen and oxygen atoms in total. The minimum Gasteiger partial charge on any atom is -0.505 e. The van der Waals surface area contributed by atoms with E-state index in [1.54, 1.807) is 0 Å². The van der Waals surface area contributed by atoms with Crippen molar-refractivity contribution < 1.29 is 45.7 Å². The maximum Gasteiger partial charge on any atom is 0.417 e. The number of halogens is 6. The first-order valence-corrected chi connectivity index (χ1v) is 9.37. The van der Waals surface area contributed by atoms with Gasteiger partial charge >= 0.3 is 6.18 Å². The predicted octanol–water partition coefficient (Wildman–Crippen LogP) is 4.90. The van der Waals surface area contributed by atoms with Crippen molar-refractivity contribution in [1.82, 2.24) is 0 Å². The van der Waals surface area contributed by atoms with E-state index in [0.29, 0.717) is 0 Å². The summed E-state index contributed by atoms with van der Waals surface area (Å²) in [6.45, 7) is 1.93. The standard InChI is InChI=1S/C21H19F6NO4/c1-9-15(11-5-7-13(23)16(24)17(11)31-3)18(32-20(9,2)21(25,26)27)19(30)28-10-4-6-12(22)14(29)8-10/h4-9,15,18,29H,1-3H3,(H,28,30)/t9-,15-,18+,20+/m0/s1. The highest BCUT2D eigenvalue weighted by atomic mass is 19.4. The van der Waals surface area contributed by atoms with Crippen LogP contribution in [0.5, 0.6) is 11.5 Å². The summed E-state index contributed by atoms with van der Waals surface area (Å²) >= 11 is 0. The maximum absolute atomic E-state index is 14.3. The molecule has 1 amide bonds. The second-order valence-electron chi connectivity index (χ2n) is 7.60. The number of hydrogen-bond donors (Lipinski definition) is 2. The fourth-order valence-corrected chi connectivity index (χ4v) is 3.84. The number of methoxy groups -OCH3 is 1. The number of phenols is 1. The number of phenolic OH excluding ortho intramolecular Hbond substituents is 1. The Morgan fingerprint density at radius 2 is 1.78 bits per heavy atom. The fraction of sp³-hybridized carbons (Fsp3) is 0.381. The van der Waals surface area contributed by atoms with Crippen LogP contribution in [0.4, 0.5) is 32.0 Å². The summed E-state index contributed by atoms with van der Waals surface area (Å²) in [5, 5.41) is 11.7. The van der Waals surface area contributed by atoms with Crippen LogP contribution in [-0.4, -0.2) is 36.0 Å². The third-order valence-electron chi connectivity index (χ3n) is 5.78. The van der Waals surface area contributed by atoms with Gasteiger partial charge in [-0.1, -0.05) is 13.0 Å². The summed E-state index contributed by atoms with van der Waals surface area (Å²) in [4.78, 5) is 12.9. The van der Waals surface area contributed by atoms with Gasteiger partial charge in [-0.05, 0) is 25.1 Å². The monoisotopic (exact) mass is 463 g/mol. The topological polar surface area (TPSA) is 67.8 Å². The lowest BCUT2D eigenvalue weighted by Gasteiger charge is -2.32. The molecule has 2 aromatic rings. The Hall–Kier alpha value is -2.95. The number of rotatable bonds is 4. The molecular weight excluding hydrogens is 444 g/mol. The minimum absolute atomic E-state index is 0.109. The highest BCUT2D eigenvalue weighted by Crippen LogP contribution is 2.55. The Labute approximate surface area is 178 Å². The maximum atomic E-state index is 14.3. The Kier molecular flexibility index (Phi) is 6.07. The van der Waals surface area contributed by atoms with Crippen molar-refractivity contribution in [3.8, 4) is 11.5 Å². The summed E-state index contributed by atoms with van der Waals surface area (Å²) in [7, 11) is 1.02. The summed E-state index contributed by atoms with van der Waals surface area (Å²) in [6.07, 6.45) is -6.71. The van der Waals surface area contributed by atoms with Crippen LogP contribution in [-0.2, 0) is 9.53 Å². The van der Waals surface area contributed by atoms with E-state index in [0.717, 1.165) is 44.4 Å². The molecule has 11 heteroatoms. The molecule has 174 valence electrons. The number of nitrogens with one attached hydrogen (secondary N) is 1. The van der Waals surface area contributed by atoms with Gasteiger partial charge in [0, 0.05) is 29.2 Å². The van der Waals surface area contributed by atoms with E-state index in [2.05, 4.69) is 5.32 Å². The van der Waals surface area contributed by atoms with Gasteiger partial charge in [0.1, 0.15) is 6.10 Å². The molecule has 0 saturated carbocycles.